The summed E-state index contributed by atoms with van der Waals surface area (Å²) in [6, 6.07) is 6.38. The molecule has 2 N–H and O–H groups in total. The number of rotatable bonds is 5. The van der Waals surface area contributed by atoms with E-state index >= 15 is 0 Å². The van der Waals surface area contributed by atoms with Crippen LogP contribution in [-0.4, -0.2) is 29.6 Å². The van der Waals surface area contributed by atoms with Crippen LogP contribution in [0.3, 0.4) is 0 Å². The molecule has 0 unspecified atom stereocenters. The number of fused-ring (bicyclic) bond motifs is 2. The van der Waals surface area contributed by atoms with E-state index in [-0.39, 0.29) is 17.7 Å². The van der Waals surface area contributed by atoms with Gasteiger partial charge in [0, 0.05) is 5.69 Å². The minimum atomic E-state index is -1.09. The van der Waals surface area contributed by atoms with E-state index in [0.29, 0.717) is 24.3 Å². The first-order valence-electron chi connectivity index (χ1n) is 8.37. The van der Waals surface area contributed by atoms with Gasteiger partial charge in [-0.25, -0.2) is 4.79 Å². The van der Waals surface area contributed by atoms with Gasteiger partial charge in [-0.3, -0.25) is 9.59 Å². The van der Waals surface area contributed by atoms with Crippen LogP contribution in [0.15, 0.2) is 36.4 Å². The number of benzene rings is 1. The molecule has 1 fully saturated rings. The highest BCUT2D eigenvalue weighted by molar-refractivity contribution is 5.98. The molecule has 6 heteroatoms. The lowest BCUT2D eigenvalue weighted by Gasteiger charge is -2.33. The summed E-state index contributed by atoms with van der Waals surface area (Å²) in [4.78, 5) is 36.2. The molecule has 132 valence electrons. The number of carbonyl (C=O) groups is 3. The number of allylic oxidation sites excluding steroid dienone is 2. The number of amides is 1. The molecule has 4 atom stereocenters. The number of aliphatic carboxylic acids is 1. The van der Waals surface area contributed by atoms with Gasteiger partial charge in [-0.15, -0.1) is 0 Å². The summed E-state index contributed by atoms with van der Waals surface area (Å²) in [6.45, 7) is 3.68. The molecule has 2 aliphatic rings. The zero-order valence-corrected chi connectivity index (χ0v) is 14.2. The van der Waals surface area contributed by atoms with Crippen LogP contribution >= 0.6 is 0 Å². The van der Waals surface area contributed by atoms with Gasteiger partial charge >= 0.3 is 11.9 Å². The highest BCUT2D eigenvalue weighted by Gasteiger charge is 2.60. The smallest absolute Gasteiger partial charge is 0.338 e. The predicted molar refractivity (Wildman–Crippen MR) is 91.0 cm³/mol. The molecule has 2 bridgehead atoms. The number of anilines is 1. The van der Waals surface area contributed by atoms with Gasteiger partial charge in [-0.2, -0.15) is 0 Å². The predicted octanol–water partition coefficient (Wildman–Crippen LogP) is 2.71. The van der Waals surface area contributed by atoms with E-state index in [9.17, 15) is 19.5 Å². The van der Waals surface area contributed by atoms with Crippen molar-refractivity contribution in [2.45, 2.75) is 20.3 Å². The molecular weight excluding hydrogens is 322 g/mol. The summed E-state index contributed by atoms with van der Waals surface area (Å²) < 4.78 is 4.92. The Labute approximate surface area is 145 Å². The number of carboxylic acid groups (broad SMARTS) is 1. The van der Waals surface area contributed by atoms with Gasteiger partial charge < -0.3 is 15.2 Å². The second-order valence-electron chi connectivity index (χ2n) is 6.74. The molecule has 0 aromatic heterocycles. The third kappa shape index (κ3) is 2.81. The summed E-state index contributed by atoms with van der Waals surface area (Å²) >= 11 is 0. The summed E-state index contributed by atoms with van der Waals surface area (Å²) in [7, 11) is 0. The van der Waals surface area contributed by atoms with Gasteiger partial charge in [0.2, 0.25) is 5.91 Å². The van der Waals surface area contributed by atoms with Crippen molar-refractivity contribution in [2.24, 2.45) is 23.2 Å². The van der Waals surface area contributed by atoms with Crippen molar-refractivity contribution < 1.29 is 24.2 Å². The van der Waals surface area contributed by atoms with Crippen molar-refractivity contribution >= 4 is 23.5 Å². The summed E-state index contributed by atoms with van der Waals surface area (Å²) in [5, 5.41) is 12.5. The average molecular weight is 343 g/mol. The topological polar surface area (TPSA) is 92.7 Å². The molecule has 1 aromatic rings. The lowest BCUT2D eigenvalue weighted by atomic mass is 9.69. The fourth-order valence-corrected chi connectivity index (χ4v) is 3.98. The van der Waals surface area contributed by atoms with Crippen molar-refractivity contribution in [3.05, 3.63) is 42.0 Å². The number of carboxylic acids is 1. The van der Waals surface area contributed by atoms with E-state index in [2.05, 4.69) is 5.32 Å². The SMILES string of the molecule is CCOC(=O)c1ccc(NC(=O)[C@H]2[C@H]3C=C[C@@H](C3)[C@]2(C)C(=O)O)cc1. The molecule has 3 rings (SSSR count). The van der Waals surface area contributed by atoms with Gasteiger partial charge in [0.1, 0.15) is 0 Å². The fourth-order valence-electron chi connectivity index (χ4n) is 3.98. The first kappa shape index (κ1) is 17.2. The monoisotopic (exact) mass is 343 g/mol. The largest absolute Gasteiger partial charge is 0.481 e. The molecule has 1 aromatic carbocycles. The highest BCUT2D eigenvalue weighted by atomic mass is 16.5. The standard InChI is InChI=1S/C19H21NO5/c1-3-25-17(22)11-5-8-14(9-6-11)20-16(21)15-12-4-7-13(10-12)19(15,2)18(23)24/h4-9,12-13,15H,3,10H2,1-2H3,(H,20,21)(H,23,24)/t12-,13-,15+,19-/m0/s1. The Morgan fingerprint density at radius 2 is 1.92 bits per heavy atom. The van der Waals surface area contributed by atoms with Crippen LogP contribution in [0.25, 0.3) is 0 Å². The maximum absolute atomic E-state index is 12.7. The van der Waals surface area contributed by atoms with E-state index in [0.717, 1.165) is 0 Å². The Bertz CT molecular complexity index is 739. The third-order valence-electron chi connectivity index (χ3n) is 5.37. The van der Waals surface area contributed by atoms with Crippen LogP contribution in [0.5, 0.6) is 0 Å². The lowest BCUT2D eigenvalue weighted by molar-refractivity contribution is -0.155. The first-order valence-corrected chi connectivity index (χ1v) is 8.37. The van der Waals surface area contributed by atoms with Crippen molar-refractivity contribution in [1.82, 2.24) is 0 Å². The van der Waals surface area contributed by atoms with Gasteiger partial charge in [-0.05, 0) is 56.4 Å². The molecule has 2 aliphatic carbocycles. The zero-order chi connectivity index (χ0) is 18.2. The van der Waals surface area contributed by atoms with Gasteiger partial charge in [0.25, 0.3) is 0 Å². The molecule has 0 saturated heterocycles. The van der Waals surface area contributed by atoms with E-state index in [1.807, 2.05) is 12.2 Å². The van der Waals surface area contributed by atoms with Crippen molar-refractivity contribution in [3.63, 3.8) is 0 Å². The molecule has 1 amide bonds. The van der Waals surface area contributed by atoms with Crippen LogP contribution in [0.2, 0.25) is 0 Å². The first-order chi connectivity index (χ1) is 11.9. The zero-order valence-electron chi connectivity index (χ0n) is 14.2. The number of hydrogen-bond acceptors (Lipinski definition) is 4. The average Bonchev–Trinajstić information content (AvgIpc) is 3.15. The quantitative estimate of drug-likeness (QED) is 0.633. The summed E-state index contributed by atoms with van der Waals surface area (Å²) in [6.07, 6.45) is 4.56. The Hall–Kier alpha value is -2.63. The van der Waals surface area contributed by atoms with Crippen LogP contribution in [0.4, 0.5) is 5.69 Å². The van der Waals surface area contributed by atoms with E-state index in [1.54, 1.807) is 38.1 Å². The lowest BCUT2D eigenvalue weighted by Crippen LogP contribution is -2.45. The molecule has 1 saturated carbocycles. The highest BCUT2D eigenvalue weighted by Crippen LogP contribution is 2.56. The molecule has 0 spiro atoms. The Morgan fingerprint density at radius 3 is 2.52 bits per heavy atom. The minimum absolute atomic E-state index is 0.0510. The number of carbonyl (C=O) groups excluding carboxylic acids is 2. The van der Waals surface area contributed by atoms with Crippen LogP contribution < -0.4 is 5.32 Å². The second-order valence-corrected chi connectivity index (χ2v) is 6.74. The van der Waals surface area contributed by atoms with Crippen molar-refractivity contribution in [3.8, 4) is 0 Å². The number of nitrogens with one attached hydrogen (secondary N) is 1. The van der Waals surface area contributed by atoms with Crippen molar-refractivity contribution in [1.29, 1.82) is 0 Å². The fraction of sp³-hybridized carbons (Fsp3) is 0.421. The number of esters is 1. The van der Waals surface area contributed by atoms with Crippen LogP contribution in [-0.2, 0) is 14.3 Å². The number of hydrogen-bond donors (Lipinski definition) is 2. The van der Waals surface area contributed by atoms with Gasteiger partial charge in [0.15, 0.2) is 0 Å². The summed E-state index contributed by atoms with van der Waals surface area (Å²) in [5.74, 6) is -2.43. The Morgan fingerprint density at radius 1 is 1.24 bits per heavy atom. The minimum Gasteiger partial charge on any atom is -0.481 e. The molecule has 25 heavy (non-hydrogen) atoms. The molecule has 6 nitrogen and oxygen atoms in total. The van der Waals surface area contributed by atoms with E-state index in [4.69, 9.17) is 4.74 Å². The van der Waals surface area contributed by atoms with E-state index in [1.165, 1.54) is 0 Å². The second kappa shape index (κ2) is 6.35. The van der Waals surface area contributed by atoms with Crippen molar-refractivity contribution in [2.75, 3.05) is 11.9 Å². The number of ether oxygens (including phenoxy) is 1. The van der Waals surface area contributed by atoms with Crippen LogP contribution in [0.1, 0.15) is 30.6 Å². The molecule has 0 heterocycles. The van der Waals surface area contributed by atoms with Gasteiger partial charge in [-0.1, -0.05) is 12.2 Å². The normalized spacial score (nSPS) is 29.4. The Balaban J connectivity index is 1.75. The third-order valence-corrected chi connectivity index (χ3v) is 5.37. The maximum atomic E-state index is 12.7. The maximum Gasteiger partial charge on any atom is 0.338 e. The van der Waals surface area contributed by atoms with E-state index < -0.39 is 23.3 Å². The molecular formula is C19H21NO5. The molecule has 0 radical (unpaired) electrons. The molecule has 0 aliphatic heterocycles. The van der Waals surface area contributed by atoms with Crippen LogP contribution in [0, 0.1) is 23.2 Å². The Kier molecular flexibility index (Phi) is 4.37. The summed E-state index contributed by atoms with van der Waals surface area (Å²) in [5.41, 5.74) is -0.162. The van der Waals surface area contributed by atoms with Gasteiger partial charge in [0.05, 0.1) is 23.5 Å².